The first-order chi connectivity index (χ1) is 8.61. The zero-order chi connectivity index (χ0) is 14.8. The van der Waals surface area contributed by atoms with E-state index in [0.29, 0.717) is 0 Å². The summed E-state index contributed by atoms with van der Waals surface area (Å²) in [6.45, 7) is 2.50. The molecule has 1 aliphatic heterocycles. The van der Waals surface area contributed by atoms with Crippen LogP contribution in [0.1, 0.15) is 20.3 Å². The normalized spacial score (nSPS) is 31.7. The lowest BCUT2D eigenvalue weighted by Gasteiger charge is -2.38. The average Bonchev–Trinajstić information content (AvgIpc) is 2.21. The van der Waals surface area contributed by atoms with Gasteiger partial charge in [-0.2, -0.15) is 13.2 Å². The number of ether oxygens (including phenoxy) is 2. The van der Waals surface area contributed by atoms with Crippen LogP contribution in [0.15, 0.2) is 0 Å². The Kier molecular flexibility index (Phi) is 4.75. The van der Waals surface area contributed by atoms with E-state index in [2.05, 4.69) is 0 Å². The molecule has 0 spiro atoms. The van der Waals surface area contributed by atoms with Crippen LogP contribution in [-0.2, 0) is 19.1 Å². The van der Waals surface area contributed by atoms with Crippen molar-refractivity contribution in [3.8, 4) is 0 Å². The fourth-order valence-corrected chi connectivity index (χ4v) is 1.82. The topological polar surface area (TPSA) is 84.9 Å². The van der Waals surface area contributed by atoms with E-state index in [1.807, 2.05) is 0 Å². The fourth-order valence-electron chi connectivity index (χ4n) is 1.82. The van der Waals surface area contributed by atoms with Gasteiger partial charge in [-0.15, -0.1) is 0 Å². The molecule has 1 heterocycles. The third-order valence-electron chi connectivity index (χ3n) is 2.56. The zero-order valence-corrected chi connectivity index (χ0v) is 10.2. The van der Waals surface area contributed by atoms with Gasteiger partial charge < -0.3 is 19.9 Å². The SMILES string of the molecule is CC(=O)O[C@H]1[C@H](C)O[C@H](O)C[C@H]1NC(=O)C(F)(F)F. The van der Waals surface area contributed by atoms with Crippen molar-refractivity contribution in [2.45, 2.75) is 51.0 Å². The summed E-state index contributed by atoms with van der Waals surface area (Å²) in [5, 5.41) is 11.0. The largest absolute Gasteiger partial charge is 0.471 e. The van der Waals surface area contributed by atoms with Gasteiger partial charge in [0.15, 0.2) is 6.29 Å². The number of aliphatic hydroxyl groups excluding tert-OH is 1. The molecule has 1 fully saturated rings. The van der Waals surface area contributed by atoms with Crippen molar-refractivity contribution in [1.29, 1.82) is 0 Å². The van der Waals surface area contributed by atoms with Crippen molar-refractivity contribution in [3.05, 3.63) is 0 Å². The number of amides is 1. The number of carbonyl (C=O) groups is 2. The van der Waals surface area contributed by atoms with Crippen molar-refractivity contribution < 1.29 is 37.3 Å². The summed E-state index contributed by atoms with van der Waals surface area (Å²) in [5.41, 5.74) is 0. The molecule has 110 valence electrons. The predicted octanol–water partition coefficient (Wildman–Crippen LogP) is 0.0924. The molecule has 1 aliphatic rings. The van der Waals surface area contributed by atoms with Gasteiger partial charge in [-0.05, 0) is 6.92 Å². The lowest BCUT2D eigenvalue weighted by molar-refractivity contribution is -0.217. The van der Waals surface area contributed by atoms with Crippen molar-refractivity contribution >= 4 is 11.9 Å². The van der Waals surface area contributed by atoms with Gasteiger partial charge in [-0.25, -0.2) is 0 Å². The third kappa shape index (κ3) is 4.35. The van der Waals surface area contributed by atoms with Gasteiger partial charge in [0, 0.05) is 13.3 Å². The first kappa shape index (κ1) is 15.7. The Bertz CT molecular complexity index is 360. The first-order valence-electron chi connectivity index (χ1n) is 5.49. The van der Waals surface area contributed by atoms with Crippen LogP contribution < -0.4 is 5.32 Å². The Morgan fingerprint density at radius 2 is 2.00 bits per heavy atom. The van der Waals surface area contributed by atoms with Crippen LogP contribution in [0.2, 0.25) is 0 Å². The minimum atomic E-state index is -5.05. The van der Waals surface area contributed by atoms with Crippen LogP contribution >= 0.6 is 0 Å². The first-order valence-corrected chi connectivity index (χ1v) is 5.49. The summed E-state index contributed by atoms with van der Waals surface area (Å²) in [4.78, 5) is 21.8. The molecule has 4 atom stereocenters. The highest BCUT2D eigenvalue weighted by molar-refractivity contribution is 5.82. The Hall–Kier alpha value is -1.35. The molecule has 0 aromatic rings. The molecule has 0 unspecified atom stereocenters. The van der Waals surface area contributed by atoms with Crippen molar-refractivity contribution in [1.82, 2.24) is 5.32 Å². The quantitative estimate of drug-likeness (QED) is 0.703. The molecule has 6 nitrogen and oxygen atoms in total. The number of hydrogen-bond donors (Lipinski definition) is 2. The summed E-state index contributed by atoms with van der Waals surface area (Å²) in [6.07, 6.45) is -8.61. The van der Waals surface area contributed by atoms with Gasteiger partial charge in [0.25, 0.3) is 0 Å². The maximum atomic E-state index is 12.2. The number of carbonyl (C=O) groups excluding carboxylic acids is 2. The molecule has 0 aromatic carbocycles. The van der Waals surface area contributed by atoms with Crippen molar-refractivity contribution in [2.75, 3.05) is 0 Å². The summed E-state index contributed by atoms with van der Waals surface area (Å²) in [6, 6.07) is -1.17. The van der Waals surface area contributed by atoms with E-state index < -0.39 is 42.6 Å². The number of halogens is 3. The number of esters is 1. The van der Waals surface area contributed by atoms with Crippen molar-refractivity contribution in [2.24, 2.45) is 0 Å². The summed E-state index contributed by atoms with van der Waals surface area (Å²) in [7, 11) is 0. The molecule has 0 aromatic heterocycles. The molecular weight excluding hydrogens is 271 g/mol. The molecule has 1 amide bonds. The standard InChI is InChI=1S/C10H14F3NO5/c1-4-8(19-5(2)15)6(3-7(16)18-4)14-9(17)10(11,12)13/h4,6-8,16H,3H2,1-2H3,(H,14,17)/t4-,6+,7-,8-/m0/s1. The van der Waals surface area contributed by atoms with E-state index in [0.717, 1.165) is 6.92 Å². The molecule has 0 saturated carbocycles. The highest BCUT2D eigenvalue weighted by atomic mass is 19.4. The van der Waals surface area contributed by atoms with Crippen LogP contribution in [0.25, 0.3) is 0 Å². The Balaban J connectivity index is 2.79. The van der Waals surface area contributed by atoms with Crippen molar-refractivity contribution in [3.63, 3.8) is 0 Å². The minimum absolute atomic E-state index is 0.301. The average molecular weight is 285 g/mol. The number of rotatable bonds is 2. The molecule has 1 rings (SSSR count). The second kappa shape index (κ2) is 5.74. The summed E-state index contributed by atoms with van der Waals surface area (Å²) in [5.74, 6) is -2.88. The molecule has 9 heteroatoms. The zero-order valence-electron chi connectivity index (χ0n) is 10.2. The van der Waals surface area contributed by atoms with Crippen LogP contribution in [0.4, 0.5) is 13.2 Å². The molecule has 19 heavy (non-hydrogen) atoms. The molecule has 1 saturated heterocycles. The van der Waals surface area contributed by atoms with Crippen LogP contribution in [0.3, 0.4) is 0 Å². The van der Waals surface area contributed by atoms with Gasteiger partial charge in [0.2, 0.25) is 0 Å². The van der Waals surface area contributed by atoms with Gasteiger partial charge in [-0.1, -0.05) is 0 Å². The monoisotopic (exact) mass is 285 g/mol. The fraction of sp³-hybridized carbons (Fsp3) is 0.800. The smallest absolute Gasteiger partial charge is 0.458 e. The molecular formula is C10H14F3NO5. The Morgan fingerprint density at radius 1 is 1.42 bits per heavy atom. The second-order valence-electron chi connectivity index (χ2n) is 4.18. The minimum Gasteiger partial charge on any atom is -0.458 e. The van der Waals surface area contributed by atoms with Crippen LogP contribution in [0, 0.1) is 0 Å². The van der Waals surface area contributed by atoms with E-state index in [1.54, 1.807) is 5.32 Å². The molecule has 0 radical (unpaired) electrons. The van der Waals surface area contributed by atoms with Gasteiger partial charge in [-0.3, -0.25) is 9.59 Å². The lowest BCUT2D eigenvalue weighted by Crippen LogP contribution is -2.58. The second-order valence-corrected chi connectivity index (χ2v) is 4.18. The number of nitrogens with one attached hydrogen (secondary N) is 1. The molecule has 2 N–H and O–H groups in total. The van der Waals surface area contributed by atoms with Gasteiger partial charge in [0.1, 0.15) is 6.10 Å². The van der Waals surface area contributed by atoms with E-state index in [1.165, 1.54) is 6.92 Å². The number of aliphatic hydroxyl groups is 1. The van der Waals surface area contributed by atoms with Crippen LogP contribution in [-0.4, -0.2) is 47.7 Å². The highest BCUT2D eigenvalue weighted by Gasteiger charge is 2.45. The number of alkyl halides is 3. The van der Waals surface area contributed by atoms with Gasteiger partial charge >= 0.3 is 18.1 Å². The molecule has 0 bridgehead atoms. The highest BCUT2D eigenvalue weighted by Crippen LogP contribution is 2.23. The summed E-state index contributed by atoms with van der Waals surface area (Å²) < 4.78 is 46.3. The van der Waals surface area contributed by atoms with Crippen LogP contribution in [0.5, 0.6) is 0 Å². The van der Waals surface area contributed by atoms with E-state index in [4.69, 9.17) is 9.47 Å². The predicted molar refractivity (Wildman–Crippen MR) is 54.7 cm³/mol. The van der Waals surface area contributed by atoms with Gasteiger partial charge in [0.05, 0.1) is 12.1 Å². The Morgan fingerprint density at radius 3 is 2.47 bits per heavy atom. The van der Waals surface area contributed by atoms with E-state index >= 15 is 0 Å². The maximum Gasteiger partial charge on any atom is 0.471 e. The number of hydrogen-bond acceptors (Lipinski definition) is 5. The lowest BCUT2D eigenvalue weighted by atomic mass is 9.99. The Labute approximate surface area is 106 Å². The third-order valence-corrected chi connectivity index (χ3v) is 2.56. The molecule has 0 aliphatic carbocycles. The maximum absolute atomic E-state index is 12.2. The summed E-state index contributed by atoms with van der Waals surface area (Å²) >= 11 is 0. The van der Waals surface area contributed by atoms with E-state index in [9.17, 15) is 27.9 Å². The van der Waals surface area contributed by atoms with E-state index in [-0.39, 0.29) is 6.42 Å².